The summed E-state index contributed by atoms with van der Waals surface area (Å²) in [6, 6.07) is 0. The number of nitrogens with one attached hydrogen (secondary N) is 1. The maximum absolute atomic E-state index is 8.73. The molecule has 0 aliphatic carbocycles. The second-order valence-electron chi connectivity index (χ2n) is 3.54. The number of aliphatic hydroxyl groups excluding tert-OH is 1. The van der Waals surface area contributed by atoms with Crippen LogP contribution in [0.2, 0.25) is 0 Å². The molecule has 2 N–H and O–H groups in total. The van der Waals surface area contributed by atoms with Crippen LogP contribution in [0.25, 0.3) is 0 Å². The summed E-state index contributed by atoms with van der Waals surface area (Å²) in [6.07, 6.45) is 5.29. The Kier molecular flexibility index (Phi) is 4.17. The van der Waals surface area contributed by atoms with Gasteiger partial charge in [-0.05, 0) is 0 Å². The number of hydrogen-bond donors (Lipinski definition) is 2. The average molecular weight is 237 g/mol. The molecule has 17 heavy (non-hydrogen) atoms. The highest BCUT2D eigenvalue weighted by Gasteiger charge is 1.99. The molecule has 0 unspecified atom stereocenters. The lowest BCUT2D eigenvalue weighted by atomic mass is 10.4. The van der Waals surface area contributed by atoms with Crippen LogP contribution in [-0.2, 0) is 19.6 Å². The van der Waals surface area contributed by atoms with E-state index in [1.54, 1.807) is 15.6 Å². The van der Waals surface area contributed by atoms with Crippen LogP contribution in [0.3, 0.4) is 0 Å². The predicted molar refractivity (Wildman–Crippen MR) is 58.8 cm³/mol. The number of aliphatic hydroxyl groups is 1. The van der Waals surface area contributed by atoms with Crippen molar-refractivity contribution in [1.82, 2.24) is 35.3 Å². The van der Waals surface area contributed by atoms with Gasteiger partial charge in [0.2, 0.25) is 0 Å². The SMILES string of the molecule is OCCn1cc(CNCCn2ccnn2)nn1. The summed E-state index contributed by atoms with van der Waals surface area (Å²) in [6.45, 7) is 2.76. The normalized spacial score (nSPS) is 10.9. The van der Waals surface area contributed by atoms with Crippen molar-refractivity contribution in [2.45, 2.75) is 19.6 Å². The van der Waals surface area contributed by atoms with Crippen LogP contribution in [0.5, 0.6) is 0 Å². The first kappa shape index (κ1) is 11.7. The van der Waals surface area contributed by atoms with Crippen LogP contribution in [0.15, 0.2) is 18.6 Å². The Labute approximate surface area is 98.2 Å². The van der Waals surface area contributed by atoms with E-state index in [2.05, 4.69) is 25.9 Å². The first-order valence-corrected chi connectivity index (χ1v) is 5.43. The van der Waals surface area contributed by atoms with Gasteiger partial charge in [0.1, 0.15) is 0 Å². The van der Waals surface area contributed by atoms with Gasteiger partial charge in [-0.3, -0.25) is 4.68 Å². The number of nitrogens with zero attached hydrogens (tertiary/aromatic N) is 6. The van der Waals surface area contributed by atoms with Gasteiger partial charge < -0.3 is 10.4 Å². The van der Waals surface area contributed by atoms with E-state index in [1.807, 2.05) is 12.4 Å². The van der Waals surface area contributed by atoms with Crippen molar-refractivity contribution in [3.63, 3.8) is 0 Å². The third kappa shape index (κ3) is 3.61. The van der Waals surface area contributed by atoms with E-state index >= 15 is 0 Å². The molecule has 0 saturated carbocycles. The summed E-state index contributed by atoms with van der Waals surface area (Å²) in [4.78, 5) is 0. The second-order valence-corrected chi connectivity index (χ2v) is 3.54. The summed E-state index contributed by atoms with van der Waals surface area (Å²) in [7, 11) is 0. The van der Waals surface area contributed by atoms with E-state index in [1.165, 1.54) is 0 Å². The van der Waals surface area contributed by atoms with Gasteiger partial charge in [0, 0.05) is 25.5 Å². The van der Waals surface area contributed by atoms with Crippen LogP contribution < -0.4 is 5.32 Å². The molecule has 0 fully saturated rings. The molecule has 2 aromatic rings. The van der Waals surface area contributed by atoms with Crippen LogP contribution >= 0.6 is 0 Å². The molecular weight excluding hydrogens is 222 g/mol. The van der Waals surface area contributed by atoms with Crippen molar-refractivity contribution in [1.29, 1.82) is 0 Å². The van der Waals surface area contributed by atoms with E-state index in [4.69, 9.17) is 5.11 Å². The smallest absolute Gasteiger partial charge is 0.0964 e. The highest BCUT2D eigenvalue weighted by molar-refractivity contribution is 4.91. The highest BCUT2D eigenvalue weighted by atomic mass is 16.3. The molecule has 0 atom stereocenters. The van der Waals surface area contributed by atoms with Crippen LogP contribution in [-0.4, -0.2) is 48.2 Å². The Bertz CT molecular complexity index is 424. The van der Waals surface area contributed by atoms with Crippen LogP contribution in [0, 0.1) is 0 Å². The van der Waals surface area contributed by atoms with Gasteiger partial charge in [0.25, 0.3) is 0 Å². The maximum Gasteiger partial charge on any atom is 0.0964 e. The lowest BCUT2D eigenvalue weighted by Crippen LogP contribution is -2.20. The fourth-order valence-electron chi connectivity index (χ4n) is 1.39. The van der Waals surface area contributed by atoms with Gasteiger partial charge in [-0.2, -0.15) is 0 Å². The summed E-state index contributed by atoms with van der Waals surface area (Å²) in [5.74, 6) is 0. The van der Waals surface area contributed by atoms with E-state index in [-0.39, 0.29) is 6.61 Å². The second kappa shape index (κ2) is 6.06. The van der Waals surface area contributed by atoms with Crippen LogP contribution in [0.4, 0.5) is 0 Å². The third-order valence-electron chi connectivity index (χ3n) is 2.21. The molecule has 0 saturated heterocycles. The monoisotopic (exact) mass is 237 g/mol. The van der Waals surface area contributed by atoms with E-state index in [0.29, 0.717) is 13.1 Å². The van der Waals surface area contributed by atoms with Crippen molar-refractivity contribution >= 4 is 0 Å². The molecule has 8 nitrogen and oxygen atoms in total. The minimum atomic E-state index is 0.0720. The lowest BCUT2D eigenvalue weighted by molar-refractivity contribution is 0.268. The van der Waals surface area contributed by atoms with Crippen molar-refractivity contribution < 1.29 is 5.11 Å². The van der Waals surface area contributed by atoms with Crippen molar-refractivity contribution in [3.05, 3.63) is 24.3 Å². The number of hydrogen-bond acceptors (Lipinski definition) is 6. The maximum atomic E-state index is 8.73. The zero-order valence-electron chi connectivity index (χ0n) is 9.40. The minimum Gasteiger partial charge on any atom is -0.394 e. The quantitative estimate of drug-likeness (QED) is 0.578. The lowest BCUT2D eigenvalue weighted by Gasteiger charge is -2.01. The van der Waals surface area contributed by atoms with Crippen molar-refractivity contribution in [2.24, 2.45) is 0 Å². The summed E-state index contributed by atoms with van der Waals surface area (Å²) in [5.41, 5.74) is 0.858. The molecule has 2 aromatic heterocycles. The molecule has 0 amide bonds. The summed E-state index contributed by atoms with van der Waals surface area (Å²) >= 11 is 0. The molecule has 8 heteroatoms. The number of aromatic nitrogens is 6. The Balaban J connectivity index is 1.67. The highest BCUT2D eigenvalue weighted by Crippen LogP contribution is 1.92. The number of rotatable bonds is 7. The molecule has 0 aliphatic heterocycles. The molecule has 0 spiro atoms. The van der Waals surface area contributed by atoms with Gasteiger partial charge >= 0.3 is 0 Å². The zero-order chi connectivity index (χ0) is 11.9. The molecule has 0 radical (unpaired) electrons. The fourth-order valence-corrected chi connectivity index (χ4v) is 1.39. The molecule has 2 rings (SSSR count). The third-order valence-corrected chi connectivity index (χ3v) is 2.21. The first-order chi connectivity index (χ1) is 8.38. The van der Waals surface area contributed by atoms with Crippen molar-refractivity contribution in [3.8, 4) is 0 Å². The van der Waals surface area contributed by atoms with E-state index in [0.717, 1.165) is 18.8 Å². The Morgan fingerprint density at radius 2 is 2.18 bits per heavy atom. The van der Waals surface area contributed by atoms with E-state index in [9.17, 15) is 0 Å². The summed E-state index contributed by atoms with van der Waals surface area (Å²) < 4.78 is 3.38. The van der Waals surface area contributed by atoms with Gasteiger partial charge in [0.05, 0.1) is 31.6 Å². The van der Waals surface area contributed by atoms with Crippen molar-refractivity contribution in [2.75, 3.05) is 13.2 Å². The molecule has 0 aliphatic rings. The fraction of sp³-hybridized carbons (Fsp3) is 0.556. The molecule has 92 valence electrons. The van der Waals surface area contributed by atoms with Gasteiger partial charge in [-0.25, -0.2) is 4.68 Å². The first-order valence-electron chi connectivity index (χ1n) is 5.43. The molecule has 0 bridgehead atoms. The van der Waals surface area contributed by atoms with Crippen LogP contribution in [0.1, 0.15) is 5.69 Å². The average Bonchev–Trinajstić information content (AvgIpc) is 2.96. The summed E-state index contributed by atoms with van der Waals surface area (Å²) in [5, 5.41) is 27.4. The topological polar surface area (TPSA) is 93.7 Å². The van der Waals surface area contributed by atoms with Gasteiger partial charge in [-0.1, -0.05) is 10.4 Å². The van der Waals surface area contributed by atoms with Gasteiger partial charge in [0.15, 0.2) is 0 Å². The van der Waals surface area contributed by atoms with E-state index < -0.39 is 0 Å². The predicted octanol–water partition coefficient (Wildman–Crippen LogP) is -1.35. The van der Waals surface area contributed by atoms with Gasteiger partial charge in [-0.15, -0.1) is 10.2 Å². The largest absolute Gasteiger partial charge is 0.394 e. The molecular formula is C9H15N7O. The molecule has 2 heterocycles. The Morgan fingerprint density at radius 1 is 1.24 bits per heavy atom. The molecule has 0 aromatic carbocycles. The standard InChI is InChI=1S/C9H15N7O/c17-6-5-16-8-9(12-14-16)7-10-1-3-15-4-2-11-13-15/h2,4,8,10,17H,1,3,5-7H2. The zero-order valence-corrected chi connectivity index (χ0v) is 9.40. The minimum absolute atomic E-state index is 0.0720. The Hall–Kier alpha value is -1.80. The Morgan fingerprint density at radius 3 is 2.94 bits per heavy atom.